The van der Waals surface area contributed by atoms with Crippen LogP contribution in [-0.2, 0) is 6.54 Å². The molecule has 114 valence electrons. The molecule has 5 heteroatoms. The van der Waals surface area contributed by atoms with E-state index in [0.717, 1.165) is 30.7 Å². The van der Waals surface area contributed by atoms with Gasteiger partial charge in [-0.15, -0.1) is 11.3 Å². The number of anilines is 1. The van der Waals surface area contributed by atoms with Gasteiger partial charge in [-0.3, -0.25) is 4.90 Å². The molecule has 0 aromatic carbocycles. The van der Waals surface area contributed by atoms with Crippen LogP contribution in [0, 0.1) is 17.2 Å². The molecule has 3 rings (SSSR count). The van der Waals surface area contributed by atoms with Crippen molar-refractivity contribution in [2.24, 2.45) is 5.92 Å². The molecule has 0 N–H and O–H groups in total. The van der Waals surface area contributed by atoms with Gasteiger partial charge in [0.1, 0.15) is 0 Å². The largest absolute Gasteiger partial charge is 0.348 e. The smallest absolute Gasteiger partial charge is 0.185 e. The van der Waals surface area contributed by atoms with Gasteiger partial charge in [-0.25, -0.2) is 4.98 Å². The lowest BCUT2D eigenvalue weighted by atomic mass is 9.85. The average Bonchev–Trinajstić information content (AvgIpc) is 3.19. The molecule has 21 heavy (non-hydrogen) atoms. The fourth-order valence-corrected chi connectivity index (χ4v) is 3.72. The summed E-state index contributed by atoms with van der Waals surface area (Å²) in [5.41, 5.74) is 1.17. The third kappa shape index (κ3) is 3.96. The lowest BCUT2D eigenvalue weighted by Crippen LogP contribution is -2.33. The zero-order valence-corrected chi connectivity index (χ0v) is 13.6. The molecule has 1 aromatic heterocycles. The summed E-state index contributed by atoms with van der Waals surface area (Å²) >= 11 is 1.75. The van der Waals surface area contributed by atoms with Crippen molar-refractivity contribution in [3.63, 3.8) is 0 Å². The molecule has 0 bridgehead atoms. The molecule has 0 amide bonds. The molecule has 0 atom stereocenters. The van der Waals surface area contributed by atoms with Crippen LogP contribution in [0.15, 0.2) is 5.38 Å². The Hall–Kier alpha value is -1.12. The summed E-state index contributed by atoms with van der Waals surface area (Å²) in [5.74, 6) is 0.843. The number of hydrogen-bond acceptors (Lipinski definition) is 5. The van der Waals surface area contributed by atoms with E-state index in [4.69, 9.17) is 10.2 Å². The maximum Gasteiger partial charge on any atom is 0.185 e. The second-order valence-electron chi connectivity index (χ2n) is 6.40. The maximum atomic E-state index is 8.83. The standard InChI is InChI=1S/C16H24N4S/c1-19(15-6-7-15)16-18-14(12-21-16)11-20(9-3-8-17)10-13-4-2-5-13/h12-13,15H,2-7,9-11H2,1H3. The molecule has 2 aliphatic carbocycles. The van der Waals surface area contributed by atoms with Crippen LogP contribution in [0.25, 0.3) is 0 Å². The first-order chi connectivity index (χ1) is 10.3. The fourth-order valence-electron chi connectivity index (χ4n) is 2.86. The van der Waals surface area contributed by atoms with E-state index in [1.165, 1.54) is 37.8 Å². The zero-order valence-electron chi connectivity index (χ0n) is 12.8. The van der Waals surface area contributed by atoms with Crippen LogP contribution in [0.3, 0.4) is 0 Å². The molecule has 2 aliphatic rings. The van der Waals surface area contributed by atoms with Crippen molar-refractivity contribution in [2.45, 2.75) is 51.1 Å². The van der Waals surface area contributed by atoms with Gasteiger partial charge < -0.3 is 4.90 Å². The molecule has 2 saturated carbocycles. The van der Waals surface area contributed by atoms with Crippen molar-refractivity contribution in [3.05, 3.63) is 11.1 Å². The minimum atomic E-state index is 0.617. The van der Waals surface area contributed by atoms with Crippen molar-refractivity contribution in [1.82, 2.24) is 9.88 Å². The maximum absolute atomic E-state index is 8.83. The number of hydrogen-bond donors (Lipinski definition) is 0. The quantitative estimate of drug-likeness (QED) is 0.739. The third-order valence-corrected chi connectivity index (χ3v) is 5.58. The minimum Gasteiger partial charge on any atom is -0.348 e. The van der Waals surface area contributed by atoms with Gasteiger partial charge in [-0.2, -0.15) is 5.26 Å². The lowest BCUT2D eigenvalue weighted by Gasteiger charge is -2.31. The highest BCUT2D eigenvalue weighted by Gasteiger charge is 2.28. The van der Waals surface area contributed by atoms with E-state index >= 15 is 0 Å². The minimum absolute atomic E-state index is 0.617. The Labute approximate surface area is 131 Å². The predicted molar refractivity (Wildman–Crippen MR) is 86.4 cm³/mol. The molecule has 0 unspecified atom stereocenters. The van der Waals surface area contributed by atoms with Crippen molar-refractivity contribution in [2.75, 3.05) is 25.0 Å². The second-order valence-corrected chi connectivity index (χ2v) is 7.24. The molecule has 1 aromatic rings. The van der Waals surface area contributed by atoms with Gasteiger partial charge in [0, 0.05) is 44.5 Å². The number of nitrogens with zero attached hydrogens (tertiary/aromatic N) is 4. The summed E-state index contributed by atoms with van der Waals surface area (Å²) in [5, 5.41) is 12.2. The molecule has 0 aliphatic heterocycles. The van der Waals surface area contributed by atoms with Crippen molar-refractivity contribution in [3.8, 4) is 6.07 Å². The number of aromatic nitrogens is 1. The Morgan fingerprint density at radius 3 is 2.81 bits per heavy atom. The molecule has 0 spiro atoms. The van der Waals surface area contributed by atoms with Gasteiger partial charge in [0.05, 0.1) is 11.8 Å². The van der Waals surface area contributed by atoms with E-state index < -0.39 is 0 Å². The summed E-state index contributed by atoms with van der Waals surface area (Å²) in [4.78, 5) is 9.53. The molecule has 0 radical (unpaired) electrons. The van der Waals surface area contributed by atoms with Crippen LogP contribution < -0.4 is 4.90 Å². The SMILES string of the molecule is CN(c1nc(CN(CCC#N)CC2CCC2)cs1)C1CC1. The number of nitriles is 1. The first-order valence-electron chi connectivity index (χ1n) is 8.03. The van der Waals surface area contributed by atoms with Crippen LogP contribution >= 0.6 is 11.3 Å². The topological polar surface area (TPSA) is 43.2 Å². The molecule has 2 fully saturated rings. The van der Waals surface area contributed by atoms with Gasteiger partial charge in [-0.05, 0) is 31.6 Å². The predicted octanol–water partition coefficient (Wildman–Crippen LogP) is 3.26. The molecule has 4 nitrogen and oxygen atoms in total. The summed E-state index contributed by atoms with van der Waals surface area (Å²) < 4.78 is 0. The third-order valence-electron chi connectivity index (χ3n) is 4.60. The second kappa shape index (κ2) is 6.76. The van der Waals surface area contributed by atoms with E-state index in [9.17, 15) is 0 Å². The highest BCUT2D eigenvalue weighted by atomic mass is 32.1. The summed E-state index contributed by atoms with van der Waals surface area (Å²) in [7, 11) is 2.15. The fraction of sp³-hybridized carbons (Fsp3) is 0.750. The van der Waals surface area contributed by atoms with Crippen molar-refractivity contribution >= 4 is 16.5 Å². The van der Waals surface area contributed by atoms with Gasteiger partial charge in [0.2, 0.25) is 0 Å². The van der Waals surface area contributed by atoms with E-state index in [1.807, 2.05) is 0 Å². The van der Waals surface area contributed by atoms with Crippen LogP contribution in [0.5, 0.6) is 0 Å². The van der Waals surface area contributed by atoms with E-state index in [0.29, 0.717) is 12.5 Å². The lowest BCUT2D eigenvalue weighted by molar-refractivity contribution is 0.173. The number of thiazole rings is 1. The molecule has 0 saturated heterocycles. The first kappa shape index (κ1) is 14.8. The molecular weight excluding hydrogens is 280 g/mol. The van der Waals surface area contributed by atoms with Crippen molar-refractivity contribution < 1.29 is 0 Å². The van der Waals surface area contributed by atoms with Crippen molar-refractivity contribution in [1.29, 1.82) is 5.26 Å². The van der Waals surface area contributed by atoms with Crippen LogP contribution in [0.2, 0.25) is 0 Å². The Morgan fingerprint density at radius 1 is 1.38 bits per heavy atom. The molecule has 1 heterocycles. The van der Waals surface area contributed by atoms with Gasteiger partial charge in [0.15, 0.2) is 5.13 Å². The highest BCUT2D eigenvalue weighted by Crippen LogP contribution is 2.32. The Kier molecular flexibility index (Phi) is 4.77. The molecular formula is C16H24N4S. The van der Waals surface area contributed by atoms with Crippen LogP contribution in [-0.4, -0.2) is 36.1 Å². The number of rotatable bonds is 8. The summed E-state index contributed by atoms with van der Waals surface area (Å²) in [6, 6.07) is 2.99. The first-order valence-corrected chi connectivity index (χ1v) is 8.91. The van der Waals surface area contributed by atoms with E-state index in [1.54, 1.807) is 11.3 Å². The zero-order chi connectivity index (χ0) is 14.7. The summed E-state index contributed by atoms with van der Waals surface area (Å²) in [6.07, 6.45) is 7.32. The van der Waals surface area contributed by atoms with Crippen LogP contribution in [0.1, 0.15) is 44.2 Å². The van der Waals surface area contributed by atoms with E-state index in [-0.39, 0.29) is 0 Å². The average molecular weight is 304 g/mol. The Morgan fingerprint density at radius 2 is 2.19 bits per heavy atom. The van der Waals surface area contributed by atoms with Gasteiger partial charge in [0.25, 0.3) is 0 Å². The van der Waals surface area contributed by atoms with Gasteiger partial charge >= 0.3 is 0 Å². The highest BCUT2D eigenvalue weighted by molar-refractivity contribution is 7.13. The van der Waals surface area contributed by atoms with Gasteiger partial charge in [-0.1, -0.05) is 6.42 Å². The normalized spacial score (nSPS) is 18.5. The Bertz CT molecular complexity index is 499. The van der Waals surface area contributed by atoms with Crippen LogP contribution in [0.4, 0.5) is 5.13 Å². The Balaban J connectivity index is 1.56. The van der Waals surface area contributed by atoms with E-state index in [2.05, 4.69) is 28.3 Å². The monoisotopic (exact) mass is 304 g/mol. The summed E-state index contributed by atoms with van der Waals surface area (Å²) in [6.45, 7) is 2.90.